The molecule has 0 bridgehead atoms. The van der Waals surface area contributed by atoms with Gasteiger partial charge in [0.05, 0.1) is 17.8 Å². The van der Waals surface area contributed by atoms with E-state index in [4.69, 9.17) is 10.5 Å². The van der Waals surface area contributed by atoms with Crippen LogP contribution in [0.4, 0.5) is 5.95 Å². The molecule has 0 spiro atoms. The molecule has 0 aliphatic rings. The molecule has 1 heterocycles. The van der Waals surface area contributed by atoms with Crippen LogP contribution in [0.1, 0.15) is 20.3 Å². The lowest BCUT2D eigenvalue weighted by molar-refractivity contribution is 0.363. The maximum absolute atomic E-state index is 5.56. The molecule has 3 N–H and O–H groups in total. The summed E-state index contributed by atoms with van der Waals surface area (Å²) in [6.07, 6.45) is 2.62. The molecule has 17 heavy (non-hydrogen) atoms. The third-order valence-electron chi connectivity index (χ3n) is 2.45. The van der Waals surface area contributed by atoms with E-state index in [1.807, 2.05) is 0 Å². The molecule has 0 aliphatic heterocycles. The third kappa shape index (κ3) is 4.47. The minimum Gasteiger partial charge on any atom is -0.480 e. The van der Waals surface area contributed by atoms with Gasteiger partial charge in [-0.15, -0.1) is 0 Å². The first-order chi connectivity index (χ1) is 7.98. The number of methoxy groups -OCH3 is 1. The van der Waals surface area contributed by atoms with E-state index in [9.17, 15) is 0 Å². The van der Waals surface area contributed by atoms with Crippen molar-refractivity contribution in [2.24, 2.45) is 11.1 Å². The molecule has 0 aliphatic carbocycles. The van der Waals surface area contributed by atoms with Gasteiger partial charge < -0.3 is 15.8 Å². The van der Waals surface area contributed by atoms with E-state index in [1.165, 1.54) is 0 Å². The first-order valence-corrected chi connectivity index (χ1v) is 6.28. The lowest BCUT2D eigenvalue weighted by Crippen LogP contribution is -2.26. The van der Waals surface area contributed by atoms with Gasteiger partial charge in [0, 0.05) is 6.54 Å². The maximum Gasteiger partial charge on any atom is 0.232 e. The first kappa shape index (κ1) is 14.2. The molecule has 1 aromatic rings. The maximum atomic E-state index is 5.56. The number of rotatable bonds is 6. The van der Waals surface area contributed by atoms with Gasteiger partial charge in [-0.2, -0.15) is 4.98 Å². The molecule has 0 atom stereocenters. The van der Waals surface area contributed by atoms with E-state index in [-0.39, 0.29) is 5.41 Å². The molecular weight excluding hydrogens is 284 g/mol. The third-order valence-corrected chi connectivity index (χ3v) is 3.00. The molecule has 0 amide bonds. The van der Waals surface area contributed by atoms with Gasteiger partial charge >= 0.3 is 0 Å². The number of halogens is 1. The highest BCUT2D eigenvalue weighted by Gasteiger charge is 2.17. The highest BCUT2D eigenvalue weighted by molar-refractivity contribution is 9.10. The highest BCUT2D eigenvalue weighted by atomic mass is 79.9. The predicted octanol–water partition coefficient (Wildman–Crippen LogP) is 2.03. The van der Waals surface area contributed by atoms with E-state index in [0.717, 1.165) is 17.4 Å². The van der Waals surface area contributed by atoms with Gasteiger partial charge in [0.15, 0.2) is 0 Å². The molecule has 0 aromatic carbocycles. The number of nitrogens with two attached hydrogens (primary N) is 1. The molecule has 6 heteroatoms. The molecule has 1 aromatic heterocycles. The number of ether oxygens (including phenoxy) is 1. The molecule has 0 fully saturated rings. The monoisotopic (exact) mass is 302 g/mol. The summed E-state index contributed by atoms with van der Waals surface area (Å²) in [7, 11) is 1.58. The van der Waals surface area contributed by atoms with Crippen LogP contribution in [0.25, 0.3) is 0 Å². The Morgan fingerprint density at radius 1 is 1.53 bits per heavy atom. The van der Waals surface area contributed by atoms with Crippen LogP contribution in [0.2, 0.25) is 0 Å². The number of hydrogen-bond donors (Lipinski definition) is 2. The van der Waals surface area contributed by atoms with Gasteiger partial charge in [0.25, 0.3) is 0 Å². The summed E-state index contributed by atoms with van der Waals surface area (Å²) in [6.45, 7) is 5.76. The van der Waals surface area contributed by atoms with Crippen LogP contribution in [-0.2, 0) is 0 Å². The van der Waals surface area contributed by atoms with E-state index < -0.39 is 0 Å². The van der Waals surface area contributed by atoms with Crippen molar-refractivity contribution in [3.8, 4) is 5.88 Å². The van der Waals surface area contributed by atoms with Crippen molar-refractivity contribution < 1.29 is 4.74 Å². The predicted molar refractivity (Wildman–Crippen MR) is 72.2 cm³/mol. The van der Waals surface area contributed by atoms with Crippen molar-refractivity contribution in [1.82, 2.24) is 9.97 Å². The quantitative estimate of drug-likeness (QED) is 0.841. The topological polar surface area (TPSA) is 73.1 Å². The number of aromatic nitrogens is 2. The fraction of sp³-hybridized carbons (Fsp3) is 0.636. The van der Waals surface area contributed by atoms with Crippen LogP contribution in [0.15, 0.2) is 10.7 Å². The molecular formula is C11H19BrN4O. The van der Waals surface area contributed by atoms with Crippen LogP contribution < -0.4 is 15.8 Å². The Morgan fingerprint density at radius 3 is 2.82 bits per heavy atom. The summed E-state index contributed by atoms with van der Waals surface area (Å²) < 4.78 is 5.85. The van der Waals surface area contributed by atoms with Crippen molar-refractivity contribution in [2.45, 2.75) is 20.3 Å². The summed E-state index contributed by atoms with van der Waals surface area (Å²) >= 11 is 3.31. The van der Waals surface area contributed by atoms with Crippen LogP contribution in [0.5, 0.6) is 5.88 Å². The van der Waals surface area contributed by atoms with Gasteiger partial charge in [0.2, 0.25) is 11.8 Å². The van der Waals surface area contributed by atoms with Gasteiger partial charge in [-0.05, 0) is 34.3 Å². The summed E-state index contributed by atoms with van der Waals surface area (Å²) in [5.41, 5.74) is 5.69. The molecule has 5 nitrogen and oxygen atoms in total. The molecule has 0 saturated heterocycles. The van der Waals surface area contributed by atoms with Crippen LogP contribution >= 0.6 is 15.9 Å². The van der Waals surface area contributed by atoms with E-state index >= 15 is 0 Å². The van der Waals surface area contributed by atoms with Crippen molar-refractivity contribution in [2.75, 3.05) is 25.5 Å². The number of anilines is 1. The van der Waals surface area contributed by atoms with Crippen LogP contribution in [-0.4, -0.2) is 30.2 Å². The molecule has 0 saturated carbocycles. The van der Waals surface area contributed by atoms with Crippen molar-refractivity contribution in [1.29, 1.82) is 0 Å². The molecule has 0 radical (unpaired) electrons. The van der Waals surface area contributed by atoms with Crippen molar-refractivity contribution >= 4 is 21.9 Å². The molecule has 1 rings (SSSR count). The SMILES string of the molecule is COc1nc(NCC(C)(C)CCN)ncc1Br. The Kier molecular flexibility index (Phi) is 5.14. The fourth-order valence-corrected chi connectivity index (χ4v) is 1.73. The highest BCUT2D eigenvalue weighted by Crippen LogP contribution is 2.23. The average molecular weight is 303 g/mol. The Morgan fingerprint density at radius 2 is 2.24 bits per heavy atom. The van der Waals surface area contributed by atoms with Crippen molar-refractivity contribution in [3.05, 3.63) is 10.7 Å². The Bertz CT molecular complexity index is 370. The van der Waals surface area contributed by atoms with Gasteiger partial charge in [-0.1, -0.05) is 13.8 Å². The lowest BCUT2D eigenvalue weighted by Gasteiger charge is -2.24. The number of hydrogen-bond acceptors (Lipinski definition) is 5. The fourth-order valence-electron chi connectivity index (χ4n) is 1.38. The first-order valence-electron chi connectivity index (χ1n) is 5.49. The van der Waals surface area contributed by atoms with Crippen LogP contribution in [0, 0.1) is 5.41 Å². The largest absolute Gasteiger partial charge is 0.480 e. The van der Waals surface area contributed by atoms with Gasteiger partial charge in [-0.25, -0.2) is 4.98 Å². The second-order valence-electron chi connectivity index (χ2n) is 4.61. The Hall–Kier alpha value is -0.880. The van der Waals surface area contributed by atoms with E-state index in [0.29, 0.717) is 18.4 Å². The summed E-state index contributed by atoms with van der Waals surface area (Å²) in [5, 5.41) is 3.19. The van der Waals surface area contributed by atoms with E-state index in [1.54, 1.807) is 13.3 Å². The Labute approximate surface area is 110 Å². The molecule has 0 unspecified atom stereocenters. The minimum absolute atomic E-state index is 0.123. The zero-order chi connectivity index (χ0) is 12.9. The zero-order valence-corrected chi connectivity index (χ0v) is 12.0. The average Bonchev–Trinajstić information content (AvgIpc) is 2.28. The van der Waals surface area contributed by atoms with Gasteiger partial charge in [0.1, 0.15) is 0 Å². The molecule has 96 valence electrons. The standard InChI is InChI=1S/C11H19BrN4O/c1-11(2,4-5-13)7-15-10-14-6-8(12)9(16-10)17-3/h6H,4-5,7,13H2,1-3H3,(H,14,15,16). The second kappa shape index (κ2) is 6.16. The Balaban J connectivity index is 2.63. The second-order valence-corrected chi connectivity index (χ2v) is 5.46. The smallest absolute Gasteiger partial charge is 0.232 e. The summed E-state index contributed by atoms with van der Waals surface area (Å²) in [5.74, 6) is 1.09. The number of nitrogens with zero attached hydrogens (tertiary/aromatic N) is 2. The minimum atomic E-state index is 0.123. The lowest BCUT2D eigenvalue weighted by atomic mass is 9.89. The summed E-state index contributed by atoms with van der Waals surface area (Å²) in [4.78, 5) is 8.40. The van der Waals surface area contributed by atoms with Gasteiger partial charge in [-0.3, -0.25) is 0 Å². The zero-order valence-electron chi connectivity index (χ0n) is 10.5. The normalized spacial score (nSPS) is 11.4. The van der Waals surface area contributed by atoms with E-state index in [2.05, 4.69) is 45.1 Å². The van der Waals surface area contributed by atoms with Crippen LogP contribution in [0.3, 0.4) is 0 Å². The van der Waals surface area contributed by atoms with Crippen molar-refractivity contribution in [3.63, 3.8) is 0 Å². The summed E-state index contributed by atoms with van der Waals surface area (Å²) in [6, 6.07) is 0. The number of nitrogens with one attached hydrogen (secondary N) is 1.